The summed E-state index contributed by atoms with van der Waals surface area (Å²) < 4.78 is 1.79. The van der Waals surface area contributed by atoms with Crippen molar-refractivity contribution in [1.82, 2.24) is 19.4 Å². The number of benzene rings is 1. The first-order chi connectivity index (χ1) is 17.9. The lowest BCUT2D eigenvalue weighted by Crippen LogP contribution is -2.47. The molecule has 5 rings (SSSR count). The van der Waals surface area contributed by atoms with Crippen molar-refractivity contribution < 1.29 is 9.59 Å². The highest BCUT2D eigenvalue weighted by Gasteiger charge is 2.52. The van der Waals surface area contributed by atoms with E-state index in [0.717, 1.165) is 62.7 Å². The normalized spacial score (nSPS) is 22.4. The number of piperidine rings is 1. The summed E-state index contributed by atoms with van der Waals surface area (Å²) in [5, 5.41) is -0.267. The second-order valence-electron chi connectivity index (χ2n) is 11.3. The quantitative estimate of drug-likeness (QED) is 0.550. The van der Waals surface area contributed by atoms with Crippen LogP contribution in [0.1, 0.15) is 77.7 Å². The number of amides is 2. The second-order valence-corrected chi connectivity index (χ2v) is 12.9. The molecule has 0 bridgehead atoms. The molecule has 7 nitrogen and oxygen atoms in total. The molecule has 1 aromatic carbocycles. The first-order valence-corrected chi connectivity index (χ1v) is 14.9. The van der Waals surface area contributed by atoms with Crippen LogP contribution in [0, 0.1) is 5.92 Å². The second kappa shape index (κ2) is 11.1. The third kappa shape index (κ3) is 5.54. The van der Waals surface area contributed by atoms with E-state index in [-0.39, 0.29) is 40.1 Å². The molecule has 3 aliphatic rings. The van der Waals surface area contributed by atoms with Gasteiger partial charge in [-0.2, -0.15) is 0 Å². The molecule has 2 aliphatic heterocycles. The minimum absolute atomic E-state index is 0.0739. The van der Waals surface area contributed by atoms with Crippen LogP contribution in [0.25, 0.3) is 11.3 Å². The van der Waals surface area contributed by atoms with Gasteiger partial charge in [0.25, 0.3) is 0 Å². The summed E-state index contributed by atoms with van der Waals surface area (Å²) in [6.07, 6.45) is 10.4. The minimum Gasteiger partial charge on any atom is -0.342 e. The molecule has 1 unspecified atom stereocenters. The van der Waals surface area contributed by atoms with Gasteiger partial charge in [-0.15, -0.1) is 11.8 Å². The summed E-state index contributed by atoms with van der Waals surface area (Å²) in [5.74, 6) is 0.798. The zero-order chi connectivity index (χ0) is 26.0. The lowest BCUT2D eigenvalue weighted by atomic mass is 9.92. The number of thioether (sulfide) groups is 1. The first-order valence-electron chi connectivity index (χ1n) is 14.0. The average molecular weight is 525 g/mol. The maximum Gasteiger partial charge on any atom is 0.326 e. The molecule has 200 valence electrons. The molecule has 1 atom stereocenters. The van der Waals surface area contributed by atoms with E-state index in [1.807, 2.05) is 41.4 Å². The summed E-state index contributed by atoms with van der Waals surface area (Å²) in [5.41, 5.74) is 1.71. The standard InChI is InChI=1S/C29H40N4O3S/c1-21(2)11-18-33-27(35)25(37-29(33)14-7-4-8-15-29)19-26(34)31-16-12-23(13-17-31)32-20-24(30-28(32)36)22-9-5-3-6-10-22/h3,5-6,9-10,20-21,23,25H,4,7-8,11-19H2,1-2H3,(H,30,36). The van der Waals surface area contributed by atoms with Gasteiger partial charge < -0.3 is 14.8 Å². The number of likely N-dealkylation sites (tertiary alicyclic amines) is 1. The van der Waals surface area contributed by atoms with Gasteiger partial charge >= 0.3 is 5.69 Å². The van der Waals surface area contributed by atoms with Crippen molar-refractivity contribution in [3.63, 3.8) is 0 Å². The van der Waals surface area contributed by atoms with Crippen LogP contribution >= 0.6 is 11.8 Å². The van der Waals surface area contributed by atoms with E-state index in [1.54, 1.807) is 16.3 Å². The molecule has 3 heterocycles. The van der Waals surface area contributed by atoms with Crippen LogP contribution in [0.5, 0.6) is 0 Å². The van der Waals surface area contributed by atoms with Crippen molar-refractivity contribution in [3.8, 4) is 11.3 Å². The zero-order valence-corrected chi connectivity index (χ0v) is 23.0. The molecule has 2 aromatic rings. The van der Waals surface area contributed by atoms with Gasteiger partial charge in [-0.05, 0) is 43.6 Å². The van der Waals surface area contributed by atoms with Crippen molar-refractivity contribution in [2.24, 2.45) is 5.92 Å². The van der Waals surface area contributed by atoms with Crippen molar-refractivity contribution in [2.45, 2.75) is 87.8 Å². The number of aromatic nitrogens is 2. The van der Waals surface area contributed by atoms with Crippen LogP contribution in [0.3, 0.4) is 0 Å². The molecule has 2 amide bonds. The van der Waals surface area contributed by atoms with Crippen LogP contribution < -0.4 is 5.69 Å². The van der Waals surface area contributed by atoms with Gasteiger partial charge in [-0.3, -0.25) is 14.2 Å². The van der Waals surface area contributed by atoms with E-state index < -0.39 is 0 Å². The highest BCUT2D eigenvalue weighted by molar-refractivity contribution is 8.02. The molecule has 1 spiro atoms. The predicted octanol–water partition coefficient (Wildman–Crippen LogP) is 5.05. The van der Waals surface area contributed by atoms with Crippen molar-refractivity contribution in [3.05, 3.63) is 47.0 Å². The number of hydrogen-bond donors (Lipinski definition) is 1. The monoisotopic (exact) mass is 524 g/mol. The van der Waals surface area contributed by atoms with E-state index in [9.17, 15) is 14.4 Å². The Kier molecular flexibility index (Phi) is 7.84. The highest BCUT2D eigenvalue weighted by atomic mass is 32.2. The maximum atomic E-state index is 13.5. The van der Waals surface area contributed by atoms with Crippen molar-refractivity contribution in [1.29, 1.82) is 0 Å². The SMILES string of the molecule is CC(C)CCN1C(=O)C(CC(=O)N2CCC(n3cc(-c4ccccc4)[nH]c3=O)CC2)SC12CCCCC2. The summed E-state index contributed by atoms with van der Waals surface area (Å²) in [4.78, 5) is 46.4. The number of rotatable bonds is 7. The average Bonchev–Trinajstić information content (AvgIpc) is 3.41. The van der Waals surface area contributed by atoms with Gasteiger partial charge in [0.05, 0.1) is 15.8 Å². The molecule has 8 heteroatoms. The summed E-state index contributed by atoms with van der Waals surface area (Å²) in [6.45, 7) is 6.45. The third-order valence-electron chi connectivity index (χ3n) is 8.36. The number of H-pyrrole nitrogens is 1. The number of hydrogen-bond acceptors (Lipinski definition) is 4. The fourth-order valence-electron chi connectivity index (χ4n) is 6.20. The van der Waals surface area contributed by atoms with Gasteiger partial charge in [0.1, 0.15) is 0 Å². The molecule has 2 saturated heterocycles. The number of aromatic amines is 1. The van der Waals surface area contributed by atoms with Gasteiger partial charge in [-0.1, -0.05) is 63.4 Å². The Morgan fingerprint density at radius 1 is 1.08 bits per heavy atom. The highest BCUT2D eigenvalue weighted by Crippen LogP contribution is 2.51. The van der Waals surface area contributed by atoms with E-state index >= 15 is 0 Å². The zero-order valence-electron chi connectivity index (χ0n) is 22.2. The molecule has 37 heavy (non-hydrogen) atoms. The van der Waals surface area contributed by atoms with Crippen LogP contribution in [0.2, 0.25) is 0 Å². The van der Waals surface area contributed by atoms with Crippen LogP contribution in [0.15, 0.2) is 41.3 Å². The lowest BCUT2D eigenvalue weighted by molar-refractivity contribution is -0.138. The fourth-order valence-corrected chi connectivity index (χ4v) is 8.02. The Labute approximate surface area is 224 Å². The maximum absolute atomic E-state index is 13.5. The molecule has 1 N–H and O–H groups in total. The smallest absolute Gasteiger partial charge is 0.326 e. The Hall–Kier alpha value is -2.48. The van der Waals surface area contributed by atoms with Crippen LogP contribution in [-0.2, 0) is 9.59 Å². The summed E-state index contributed by atoms with van der Waals surface area (Å²) >= 11 is 1.77. The largest absolute Gasteiger partial charge is 0.342 e. The Bertz CT molecular complexity index is 1140. The van der Waals surface area contributed by atoms with Gasteiger partial charge in [0.2, 0.25) is 11.8 Å². The van der Waals surface area contributed by atoms with E-state index in [4.69, 9.17) is 0 Å². The topological polar surface area (TPSA) is 78.4 Å². The number of carbonyl (C=O) groups excluding carboxylic acids is 2. The number of imidazole rings is 1. The molecule has 1 saturated carbocycles. The number of carbonyl (C=O) groups is 2. The van der Waals surface area contributed by atoms with Crippen LogP contribution in [-0.4, -0.2) is 60.9 Å². The molecule has 1 aromatic heterocycles. The van der Waals surface area contributed by atoms with E-state index in [2.05, 4.69) is 23.7 Å². The summed E-state index contributed by atoms with van der Waals surface area (Å²) in [6, 6.07) is 9.93. The molecular formula is C29H40N4O3S. The Morgan fingerprint density at radius 3 is 2.46 bits per heavy atom. The lowest BCUT2D eigenvalue weighted by Gasteiger charge is -2.40. The van der Waals surface area contributed by atoms with E-state index in [0.29, 0.717) is 19.0 Å². The molecule has 1 aliphatic carbocycles. The van der Waals surface area contributed by atoms with Crippen LogP contribution in [0.4, 0.5) is 0 Å². The number of nitrogens with one attached hydrogen (secondary N) is 1. The van der Waals surface area contributed by atoms with Gasteiger partial charge in [0.15, 0.2) is 0 Å². The summed E-state index contributed by atoms with van der Waals surface area (Å²) in [7, 11) is 0. The molecule has 3 fully saturated rings. The Morgan fingerprint density at radius 2 is 1.78 bits per heavy atom. The molecular weight excluding hydrogens is 484 g/mol. The first kappa shape index (κ1) is 26.1. The molecule has 0 radical (unpaired) electrons. The predicted molar refractivity (Wildman–Crippen MR) is 148 cm³/mol. The fraction of sp³-hybridized carbons (Fsp3) is 0.621. The van der Waals surface area contributed by atoms with Gasteiger partial charge in [-0.25, -0.2) is 4.79 Å². The van der Waals surface area contributed by atoms with Crippen molar-refractivity contribution >= 4 is 23.6 Å². The van der Waals surface area contributed by atoms with Gasteiger partial charge in [0, 0.05) is 38.3 Å². The minimum atomic E-state index is -0.267. The van der Waals surface area contributed by atoms with E-state index in [1.165, 1.54) is 6.42 Å². The Balaban J connectivity index is 1.20. The van der Waals surface area contributed by atoms with Crippen molar-refractivity contribution in [2.75, 3.05) is 19.6 Å². The number of nitrogens with zero attached hydrogens (tertiary/aromatic N) is 3. The third-order valence-corrected chi connectivity index (χ3v) is 10.1.